The van der Waals surface area contributed by atoms with Gasteiger partial charge in [-0.25, -0.2) is 13.6 Å². The van der Waals surface area contributed by atoms with Gasteiger partial charge in [0.1, 0.15) is 17.7 Å². The Morgan fingerprint density at radius 1 is 0.936 bits per heavy atom. The molecular formula is C37H41F2N3O4S. The van der Waals surface area contributed by atoms with E-state index in [1.54, 1.807) is 29.2 Å². The molecule has 0 spiro atoms. The zero-order valence-corrected chi connectivity index (χ0v) is 27.7. The van der Waals surface area contributed by atoms with Gasteiger partial charge < -0.3 is 20.7 Å². The highest BCUT2D eigenvalue weighted by Crippen LogP contribution is 2.28. The smallest absolute Gasteiger partial charge is 0.338 e. The Morgan fingerprint density at radius 2 is 1.64 bits per heavy atom. The van der Waals surface area contributed by atoms with Crippen molar-refractivity contribution in [2.45, 2.75) is 58.7 Å². The number of thiophene rings is 1. The molecule has 0 aliphatic carbocycles. The van der Waals surface area contributed by atoms with E-state index >= 15 is 0 Å². The van der Waals surface area contributed by atoms with Crippen molar-refractivity contribution < 1.29 is 27.9 Å². The fraction of sp³-hybridized carbons (Fsp3) is 0.324. The van der Waals surface area contributed by atoms with Gasteiger partial charge in [0.15, 0.2) is 6.29 Å². The first kappa shape index (κ1) is 35.6. The monoisotopic (exact) mass is 661 g/mol. The van der Waals surface area contributed by atoms with Gasteiger partial charge in [-0.2, -0.15) is 0 Å². The van der Waals surface area contributed by atoms with Crippen LogP contribution in [-0.4, -0.2) is 54.8 Å². The van der Waals surface area contributed by atoms with Crippen LogP contribution in [0.1, 0.15) is 73.8 Å². The number of nitrogens with two attached hydrogens (primary N) is 1. The van der Waals surface area contributed by atoms with Crippen molar-refractivity contribution in [2.75, 3.05) is 19.6 Å². The number of ether oxygens (including phenoxy) is 1. The predicted molar refractivity (Wildman–Crippen MR) is 182 cm³/mol. The Bertz CT molecular complexity index is 1670. The third kappa shape index (κ3) is 10.1. The maximum absolute atomic E-state index is 13.9. The minimum Gasteiger partial charge on any atom is -0.456 e. The molecule has 2 atom stereocenters. The number of halogens is 2. The maximum atomic E-state index is 13.9. The van der Waals surface area contributed by atoms with Crippen LogP contribution in [0.3, 0.4) is 0 Å². The second kappa shape index (κ2) is 17.1. The molecule has 4 rings (SSSR count). The molecule has 1 aromatic heterocycles. The van der Waals surface area contributed by atoms with Crippen LogP contribution in [0, 0.1) is 18.6 Å². The Kier molecular flexibility index (Phi) is 12.9. The number of esters is 1. The molecule has 47 heavy (non-hydrogen) atoms. The van der Waals surface area contributed by atoms with E-state index in [9.17, 15) is 23.2 Å². The van der Waals surface area contributed by atoms with Crippen molar-refractivity contribution in [3.8, 4) is 10.4 Å². The number of hydrogen-bond donors (Lipinski definition) is 2. The van der Waals surface area contributed by atoms with Crippen molar-refractivity contribution in [3.63, 3.8) is 0 Å². The highest BCUT2D eigenvalue weighted by Gasteiger charge is 2.25. The van der Waals surface area contributed by atoms with Crippen molar-refractivity contribution in [2.24, 2.45) is 5.73 Å². The van der Waals surface area contributed by atoms with Crippen LogP contribution in [0.2, 0.25) is 0 Å². The van der Waals surface area contributed by atoms with E-state index in [1.807, 2.05) is 51.1 Å². The first-order valence-corrected chi connectivity index (χ1v) is 16.6. The molecule has 248 valence electrons. The predicted octanol–water partition coefficient (Wildman–Crippen LogP) is 6.96. The summed E-state index contributed by atoms with van der Waals surface area (Å²) in [5.74, 6) is -2.25. The van der Waals surface area contributed by atoms with Crippen LogP contribution >= 0.6 is 11.3 Å². The molecule has 0 saturated carbocycles. The van der Waals surface area contributed by atoms with Crippen molar-refractivity contribution in [3.05, 3.63) is 117 Å². The zero-order valence-electron chi connectivity index (χ0n) is 26.9. The third-order valence-corrected chi connectivity index (χ3v) is 8.65. The van der Waals surface area contributed by atoms with Gasteiger partial charge in [0.2, 0.25) is 0 Å². The summed E-state index contributed by atoms with van der Waals surface area (Å²) in [5, 5.41) is 3.31. The molecule has 1 heterocycles. The number of benzene rings is 3. The second-order valence-electron chi connectivity index (χ2n) is 11.6. The van der Waals surface area contributed by atoms with E-state index < -0.39 is 29.7 Å². The van der Waals surface area contributed by atoms with Crippen LogP contribution in [0.15, 0.2) is 72.8 Å². The van der Waals surface area contributed by atoms with E-state index in [4.69, 9.17) is 10.5 Å². The zero-order chi connectivity index (χ0) is 33.9. The fourth-order valence-electron chi connectivity index (χ4n) is 5.44. The minimum absolute atomic E-state index is 0.0573. The van der Waals surface area contributed by atoms with Gasteiger partial charge in [0.25, 0.3) is 5.91 Å². The fourth-order valence-corrected chi connectivity index (χ4v) is 6.26. The Balaban J connectivity index is 1.53. The van der Waals surface area contributed by atoms with Gasteiger partial charge in [0.05, 0.1) is 10.4 Å². The lowest BCUT2D eigenvalue weighted by Crippen LogP contribution is -2.46. The van der Waals surface area contributed by atoms with Crippen LogP contribution in [0.4, 0.5) is 8.78 Å². The molecule has 3 aromatic carbocycles. The summed E-state index contributed by atoms with van der Waals surface area (Å²) in [6.07, 6.45) is 1.63. The lowest BCUT2D eigenvalue weighted by atomic mass is 10.0. The quantitative estimate of drug-likeness (QED) is 0.0995. The average molecular weight is 662 g/mol. The molecule has 3 N–H and O–H groups in total. The van der Waals surface area contributed by atoms with Gasteiger partial charge in [-0.3, -0.25) is 9.59 Å². The highest BCUT2D eigenvalue weighted by atomic mass is 32.1. The summed E-state index contributed by atoms with van der Waals surface area (Å²) in [5.41, 5.74) is 10.2. The van der Waals surface area contributed by atoms with E-state index in [1.165, 1.54) is 23.5 Å². The Labute approximate surface area is 278 Å². The lowest BCUT2D eigenvalue weighted by molar-refractivity contribution is 0.0238. The number of carbonyl (C=O) groups is 3. The molecule has 0 aliphatic rings. The van der Waals surface area contributed by atoms with Gasteiger partial charge in [-0.15, -0.1) is 11.3 Å². The topological polar surface area (TPSA) is 102 Å². The van der Waals surface area contributed by atoms with Crippen molar-refractivity contribution >= 4 is 29.5 Å². The number of aldehydes is 1. The average Bonchev–Trinajstić information content (AvgIpc) is 3.53. The lowest BCUT2D eigenvalue weighted by Gasteiger charge is -2.25. The SMILES string of the molecule is CCCN(CCC)C(=O)c1cc(C)cc(C(=O)O[C@H](CNCc2cccc(-c3ccc(C=O)s3)c2)[C@@H](N)Cc2cc(F)cc(F)c2)c1. The summed E-state index contributed by atoms with van der Waals surface area (Å²) in [4.78, 5) is 41.4. The number of amides is 1. The first-order chi connectivity index (χ1) is 22.6. The van der Waals surface area contributed by atoms with Gasteiger partial charge in [-0.1, -0.05) is 32.0 Å². The number of nitrogens with zero attached hydrogens (tertiary/aromatic N) is 1. The molecular weight excluding hydrogens is 620 g/mol. The first-order valence-electron chi connectivity index (χ1n) is 15.8. The summed E-state index contributed by atoms with van der Waals surface area (Å²) in [7, 11) is 0. The number of carbonyl (C=O) groups excluding carboxylic acids is 3. The summed E-state index contributed by atoms with van der Waals surface area (Å²) in [6, 6.07) is 18.9. The molecule has 0 radical (unpaired) electrons. The Morgan fingerprint density at radius 3 is 2.30 bits per heavy atom. The Hall–Kier alpha value is -4.25. The van der Waals surface area contributed by atoms with Crippen LogP contribution in [-0.2, 0) is 17.7 Å². The second-order valence-corrected chi connectivity index (χ2v) is 12.7. The number of aryl methyl sites for hydroxylation is 1. The van der Waals surface area contributed by atoms with E-state index in [2.05, 4.69) is 5.32 Å². The number of hydrogen-bond acceptors (Lipinski definition) is 7. The normalized spacial score (nSPS) is 12.4. The van der Waals surface area contributed by atoms with Crippen LogP contribution in [0.5, 0.6) is 0 Å². The molecule has 4 aromatic rings. The molecule has 0 unspecified atom stereocenters. The molecule has 7 nitrogen and oxygen atoms in total. The molecule has 0 aliphatic heterocycles. The molecule has 10 heteroatoms. The summed E-state index contributed by atoms with van der Waals surface area (Å²) >= 11 is 1.41. The van der Waals surface area contributed by atoms with Crippen LogP contribution in [0.25, 0.3) is 10.4 Å². The number of rotatable bonds is 16. The molecule has 0 fully saturated rings. The maximum Gasteiger partial charge on any atom is 0.338 e. The summed E-state index contributed by atoms with van der Waals surface area (Å²) in [6.45, 7) is 7.62. The standard InChI is InChI=1S/C37H41F2N3O4S/c1-4-11-42(12-5-2)36(44)28-13-24(3)14-29(19-28)37(45)46-34(33(40)18-26-16-30(38)20-31(39)17-26)22-41-21-25-7-6-8-27(15-25)35-10-9-32(23-43)47-35/h6-10,13-17,19-20,23,33-34,41H,4-5,11-12,18,21-22,40H2,1-3H3/t33-,34+/m0/s1. The number of nitrogens with one attached hydrogen (secondary N) is 1. The van der Waals surface area contributed by atoms with Crippen molar-refractivity contribution in [1.82, 2.24) is 10.2 Å². The molecule has 1 amide bonds. The third-order valence-electron chi connectivity index (χ3n) is 7.59. The highest BCUT2D eigenvalue weighted by molar-refractivity contribution is 7.17. The summed E-state index contributed by atoms with van der Waals surface area (Å²) < 4.78 is 33.8. The molecule has 0 bridgehead atoms. The largest absolute Gasteiger partial charge is 0.456 e. The van der Waals surface area contributed by atoms with Gasteiger partial charge in [-0.05, 0) is 97.0 Å². The van der Waals surface area contributed by atoms with Gasteiger partial charge >= 0.3 is 5.97 Å². The van der Waals surface area contributed by atoms with E-state index in [0.29, 0.717) is 35.6 Å². The molecule has 0 saturated heterocycles. The minimum atomic E-state index is -0.874. The van der Waals surface area contributed by atoms with Gasteiger partial charge in [0, 0.05) is 48.7 Å². The van der Waals surface area contributed by atoms with Crippen LogP contribution < -0.4 is 11.1 Å². The van der Waals surface area contributed by atoms with E-state index in [0.717, 1.165) is 46.8 Å². The van der Waals surface area contributed by atoms with Crippen molar-refractivity contribution in [1.29, 1.82) is 0 Å². The van der Waals surface area contributed by atoms with E-state index in [-0.39, 0.29) is 24.4 Å².